The van der Waals surface area contributed by atoms with E-state index in [-0.39, 0.29) is 0 Å². The van der Waals surface area contributed by atoms with Gasteiger partial charge < -0.3 is 10.2 Å². The number of hydrogen-bond acceptors (Lipinski definition) is 3. The summed E-state index contributed by atoms with van der Waals surface area (Å²) in [6, 6.07) is 2.35. The lowest BCUT2D eigenvalue weighted by atomic mass is 10.00. The predicted molar refractivity (Wildman–Crippen MR) is 88.3 cm³/mol. The molecule has 1 aliphatic rings. The third-order valence-electron chi connectivity index (χ3n) is 3.82. The summed E-state index contributed by atoms with van der Waals surface area (Å²) < 4.78 is 0. The highest BCUT2D eigenvalue weighted by molar-refractivity contribution is 6.37. The Hall–Kier alpha value is -0.670. The molecule has 2 heterocycles. The number of aromatic nitrogens is 1. The third kappa shape index (κ3) is 3.50. The van der Waals surface area contributed by atoms with Gasteiger partial charge >= 0.3 is 0 Å². The summed E-state index contributed by atoms with van der Waals surface area (Å²) in [7, 11) is 0. The van der Waals surface area contributed by atoms with Gasteiger partial charge in [-0.25, -0.2) is 4.98 Å². The average molecular weight is 316 g/mol. The van der Waals surface area contributed by atoms with E-state index in [2.05, 4.69) is 29.0 Å². The van der Waals surface area contributed by atoms with Gasteiger partial charge in [-0.05, 0) is 38.2 Å². The lowest BCUT2D eigenvalue weighted by Gasteiger charge is -2.36. The van der Waals surface area contributed by atoms with Crippen molar-refractivity contribution >= 4 is 34.8 Å². The van der Waals surface area contributed by atoms with Crippen LogP contribution >= 0.6 is 23.2 Å². The van der Waals surface area contributed by atoms with E-state index >= 15 is 0 Å². The number of rotatable bonds is 5. The average Bonchev–Trinajstić information content (AvgIpc) is 2.46. The number of pyridine rings is 1. The molecule has 0 saturated carbocycles. The highest BCUT2D eigenvalue weighted by Crippen LogP contribution is 2.35. The van der Waals surface area contributed by atoms with Gasteiger partial charge in [-0.1, -0.05) is 37.0 Å². The molecule has 0 bridgehead atoms. The summed E-state index contributed by atoms with van der Waals surface area (Å²) >= 11 is 12.6. The molecular weight excluding hydrogens is 293 g/mol. The zero-order valence-corrected chi connectivity index (χ0v) is 13.8. The van der Waals surface area contributed by atoms with Crippen LogP contribution < -0.4 is 10.2 Å². The molecule has 1 N–H and O–H groups in total. The van der Waals surface area contributed by atoms with Crippen molar-refractivity contribution in [2.45, 2.75) is 52.0 Å². The number of halogens is 2. The van der Waals surface area contributed by atoms with Gasteiger partial charge in [0.2, 0.25) is 0 Å². The summed E-state index contributed by atoms with van der Waals surface area (Å²) in [6.07, 6.45) is 5.88. The maximum Gasteiger partial charge on any atom is 0.150 e. The standard InChI is InChI=1S/C15H23Cl2N3/c1-3-8-18-14-12(16)10-13(17)15(19-14)20-9-6-5-7-11(20)4-2/h10-11H,3-9H2,1-2H3,(H,18,19). The van der Waals surface area contributed by atoms with Crippen LogP contribution in [0.25, 0.3) is 0 Å². The summed E-state index contributed by atoms with van der Waals surface area (Å²) in [4.78, 5) is 7.03. The normalized spacial score (nSPS) is 19.2. The Morgan fingerprint density at radius 3 is 2.80 bits per heavy atom. The van der Waals surface area contributed by atoms with Gasteiger partial charge in [-0.2, -0.15) is 0 Å². The van der Waals surface area contributed by atoms with Crippen molar-refractivity contribution in [1.82, 2.24) is 4.98 Å². The molecule has 112 valence electrons. The van der Waals surface area contributed by atoms with Crippen LogP contribution in [0, 0.1) is 0 Å². The zero-order valence-electron chi connectivity index (χ0n) is 12.3. The fourth-order valence-electron chi connectivity index (χ4n) is 2.73. The molecule has 0 spiro atoms. The van der Waals surface area contributed by atoms with Gasteiger partial charge in [0.1, 0.15) is 11.6 Å². The van der Waals surface area contributed by atoms with E-state index in [0.29, 0.717) is 16.1 Å². The van der Waals surface area contributed by atoms with Crippen molar-refractivity contribution in [3.63, 3.8) is 0 Å². The summed E-state index contributed by atoms with van der Waals surface area (Å²) in [5.41, 5.74) is 0. The molecule has 0 aliphatic carbocycles. The van der Waals surface area contributed by atoms with Crippen LogP contribution in [0.2, 0.25) is 10.0 Å². The van der Waals surface area contributed by atoms with Crippen LogP contribution in [0.5, 0.6) is 0 Å². The van der Waals surface area contributed by atoms with E-state index in [0.717, 1.165) is 37.6 Å². The van der Waals surface area contributed by atoms with Gasteiger partial charge in [0.05, 0.1) is 10.0 Å². The van der Waals surface area contributed by atoms with Gasteiger partial charge in [0.25, 0.3) is 0 Å². The summed E-state index contributed by atoms with van der Waals surface area (Å²) in [5.74, 6) is 1.62. The molecule has 1 aromatic rings. The Balaban J connectivity index is 2.29. The van der Waals surface area contributed by atoms with Gasteiger partial charge in [-0.3, -0.25) is 0 Å². The maximum absolute atomic E-state index is 6.37. The first-order chi connectivity index (χ1) is 9.67. The first-order valence-electron chi connectivity index (χ1n) is 7.53. The molecule has 0 radical (unpaired) electrons. The minimum Gasteiger partial charge on any atom is -0.369 e. The van der Waals surface area contributed by atoms with E-state index in [1.54, 1.807) is 0 Å². The molecule has 1 aliphatic heterocycles. The molecule has 1 saturated heterocycles. The molecule has 3 nitrogen and oxygen atoms in total. The monoisotopic (exact) mass is 315 g/mol. The molecule has 1 atom stereocenters. The van der Waals surface area contributed by atoms with Gasteiger partial charge in [0, 0.05) is 19.1 Å². The molecule has 2 rings (SSSR count). The topological polar surface area (TPSA) is 28.2 Å². The van der Waals surface area contributed by atoms with Crippen molar-refractivity contribution in [2.24, 2.45) is 0 Å². The predicted octanol–water partition coefficient (Wildman–Crippen LogP) is 4.98. The third-order valence-corrected chi connectivity index (χ3v) is 4.39. The zero-order chi connectivity index (χ0) is 14.5. The van der Waals surface area contributed by atoms with Crippen molar-refractivity contribution in [3.05, 3.63) is 16.1 Å². The number of piperidine rings is 1. The van der Waals surface area contributed by atoms with Gasteiger partial charge in [-0.15, -0.1) is 0 Å². The van der Waals surface area contributed by atoms with Crippen LogP contribution in [0.3, 0.4) is 0 Å². The first kappa shape index (κ1) is 15.7. The molecule has 0 aromatic carbocycles. The molecule has 0 amide bonds. The van der Waals surface area contributed by atoms with Crippen molar-refractivity contribution in [1.29, 1.82) is 0 Å². The highest BCUT2D eigenvalue weighted by atomic mass is 35.5. The van der Waals surface area contributed by atoms with Crippen LogP contribution in [0.1, 0.15) is 46.0 Å². The van der Waals surface area contributed by atoms with Crippen LogP contribution in [-0.4, -0.2) is 24.1 Å². The molecule has 1 aromatic heterocycles. The van der Waals surface area contributed by atoms with E-state index < -0.39 is 0 Å². The summed E-state index contributed by atoms with van der Waals surface area (Å²) in [6.45, 7) is 6.24. The second kappa shape index (κ2) is 7.37. The molecule has 1 fully saturated rings. The maximum atomic E-state index is 6.37. The molecule has 1 unspecified atom stereocenters. The number of anilines is 2. The second-order valence-electron chi connectivity index (χ2n) is 5.30. The number of nitrogens with zero attached hydrogens (tertiary/aromatic N) is 2. The Morgan fingerprint density at radius 2 is 2.10 bits per heavy atom. The minimum atomic E-state index is 0.536. The fraction of sp³-hybridized carbons (Fsp3) is 0.667. The second-order valence-corrected chi connectivity index (χ2v) is 6.12. The number of hydrogen-bond donors (Lipinski definition) is 1. The van der Waals surface area contributed by atoms with Crippen molar-refractivity contribution < 1.29 is 0 Å². The Kier molecular flexibility index (Phi) is 5.79. The lowest BCUT2D eigenvalue weighted by Crippen LogP contribution is -2.39. The van der Waals surface area contributed by atoms with Gasteiger partial charge in [0.15, 0.2) is 0 Å². The highest BCUT2D eigenvalue weighted by Gasteiger charge is 2.24. The number of nitrogens with one attached hydrogen (secondary N) is 1. The van der Waals surface area contributed by atoms with E-state index in [4.69, 9.17) is 23.2 Å². The largest absolute Gasteiger partial charge is 0.369 e. The van der Waals surface area contributed by atoms with E-state index in [1.807, 2.05) is 6.07 Å². The SMILES string of the molecule is CCCNc1nc(N2CCCCC2CC)c(Cl)cc1Cl. The minimum absolute atomic E-state index is 0.536. The van der Waals surface area contributed by atoms with E-state index in [1.165, 1.54) is 19.3 Å². The molecule has 20 heavy (non-hydrogen) atoms. The van der Waals surface area contributed by atoms with Crippen LogP contribution in [0.15, 0.2) is 6.07 Å². The van der Waals surface area contributed by atoms with E-state index in [9.17, 15) is 0 Å². The Labute approximate surface area is 131 Å². The first-order valence-corrected chi connectivity index (χ1v) is 8.29. The van der Waals surface area contributed by atoms with Crippen LogP contribution in [-0.2, 0) is 0 Å². The smallest absolute Gasteiger partial charge is 0.150 e. The molecule has 5 heteroatoms. The van der Waals surface area contributed by atoms with Crippen LogP contribution in [0.4, 0.5) is 11.6 Å². The fourth-order valence-corrected chi connectivity index (χ4v) is 3.26. The lowest BCUT2D eigenvalue weighted by molar-refractivity contribution is 0.447. The Morgan fingerprint density at radius 1 is 1.30 bits per heavy atom. The van der Waals surface area contributed by atoms with Crippen molar-refractivity contribution in [2.75, 3.05) is 23.3 Å². The summed E-state index contributed by atoms with van der Waals surface area (Å²) in [5, 5.41) is 4.52. The Bertz CT molecular complexity index is 451. The molecular formula is C15H23Cl2N3. The van der Waals surface area contributed by atoms with Crippen molar-refractivity contribution in [3.8, 4) is 0 Å². The quantitative estimate of drug-likeness (QED) is 0.830.